The third kappa shape index (κ3) is 5.40. The Bertz CT molecular complexity index is 653. The van der Waals surface area contributed by atoms with E-state index in [4.69, 9.17) is 0 Å². The molecule has 2 rings (SSSR count). The van der Waals surface area contributed by atoms with Gasteiger partial charge in [-0.2, -0.15) is 0 Å². The van der Waals surface area contributed by atoms with Crippen LogP contribution < -0.4 is 10.6 Å². The SMILES string of the molecule is Cc1ccccc1CNC(=O)c1cncc(NCCC(C)C)c1. The van der Waals surface area contributed by atoms with E-state index in [9.17, 15) is 4.79 Å². The molecule has 0 aliphatic heterocycles. The molecule has 23 heavy (non-hydrogen) atoms. The second kappa shape index (κ2) is 8.32. The number of nitrogens with one attached hydrogen (secondary N) is 2. The smallest absolute Gasteiger partial charge is 0.253 e. The Labute approximate surface area is 138 Å². The molecule has 0 saturated heterocycles. The van der Waals surface area contributed by atoms with E-state index in [-0.39, 0.29) is 5.91 Å². The minimum atomic E-state index is -0.103. The highest BCUT2D eigenvalue weighted by atomic mass is 16.1. The van der Waals surface area contributed by atoms with Crippen molar-refractivity contribution in [2.24, 2.45) is 5.92 Å². The second-order valence-electron chi connectivity index (χ2n) is 6.18. The monoisotopic (exact) mass is 311 g/mol. The summed E-state index contributed by atoms with van der Waals surface area (Å²) in [6, 6.07) is 9.90. The molecule has 0 aliphatic rings. The standard InChI is InChI=1S/C19H25N3O/c1-14(2)8-9-21-18-10-17(11-20-13-18)19(23)22-12-16-7-5-4-6-15(16)3/h4-7,10-11,13-14,21H,8-9,12H2,1-3H3,(H,22,23). The van der Waals surface area contributed by atoms with E-state index in [0.717, 1.165) is 24.2 Å². The molecule has 0 bridgehead atoms. The van der Waals surface area contributed by atoms with Crippen LogP contribution in [-0.2, 0) is 6.54 Å². The van der Waals surface area contributed by atoms with Gasteiger partial charge in [0, 0.05) is 25.5 Å². The maximum absolute atomic E-state index is 12.3. The third-order valence-corrected chi connectivity index (χ3v) is 3.75. The molecule has 1 aromatic heterocycles. The number of benzene rings is 1. The van der Waals surface area contributed by atoms with Gasteiger partial charge in [-0.05, 0) is 36.5 Å². The average Bonchev–Trinajstić information content (AvgIpc) is 2.54. The van der Waals surface area contributed by atoms with Crippen LogP contribution in [0.2, 0.25) is 0 Å². The maximum atomic E-state index is 12.3. The number of rotatable bonds is 7. The number of anilines is 1. The fourth-order valence-electron chi connectivity index (χ4n) is 2.25. The Morgan fingerprint density at radius 1 is 1.22 bits per heavy atom. The van der Waals surface area contributed by atoms with Crippen LogP contribution in [0.5, 0.6) is 0 Å². The summed E-state index contributed by atoms with van der Waals surface area (Å²) >= 11 is 0. The fourth-order valence-corrected chi connectivity index (χ4v) is 2.25. The Morgan fingerprint density at radius 2 is 2.00 bits per heavy atom. The van der Waals surface area contributed by atoms with Gasteiger partial charge >= 0.3 is 0 Å². The lowest BCUT2D eigenvalue weighted by Gasteiger charge is -2.10. The molecule has 2 N–H and O–H groups in total. The lowest BCUT2D eigenvalue weighted by atomic mass is 10.1. The molecule has 2 aromatic rings. The summed E-state index contributed by atoms with van der Waals surface area (Å²) in [5.41, 5.74) is 3.76. The van der Waals surface area contributed by atoms with Crippen molar-refractivity contribution in [3.05, 3.63) is 59.4 Å². The van der Waals surface area contributed by atoms with Gasteiger partial charge in [0.05, 0.1) is 11.3 Å². The van der Waals surface area contributed by atoms with E-state index < -0.39 is 0 Å². The number of hydrogen-bond acceptors (Lipinski definition) is 3. The largest absolute Gasteiger partial charge is 0.384 e. The molecule has 122 valence electrons. The minimum Gasteiger partial charge on any atom is -0.384 e. The van der Waals surface area contributed by atoms with Gasteiger partial charge in [0.15, 0.2) is 0 Å². The molecular formula is C19H25N3O. The highest BCUT2D eigenvalue weighted by Crippen LogP contribution is 2.11. The predicted molar refractivity (Wildman–Crippen MR) is 94.5 cm³/mol. The molecule has 0 radical (unpaired) electrons. The lowest BCUT2D eigenvalue weighted by Crippen LogP contribution is -2.23. The summed E-state index contributed by atoms with van der Waals surface area (Å²) in [5, 5.41) is 6.26. The summed E-state index contributed by atoms with van der Waals surface area (Å²) in [6.45, 7) is 7.83. The van der Waals surface area contributed by atoms with Crippen LogP contribution in [0.4, 0.5) is 5.69 Å². The fraction of sp³-hybridized carbons (Fsp3) is 0.368. The van der Waals surface area contributed by atoms with Gasteiger partial charge < -0.3 is 10.6 Å². The quantitative estimate of drug-likeness (QED) is 0.818. The predicted octanol–water partition coefficient (Wildman–Crippen LogP) is 3.78. The normalized spacial score (nSPS) is 10.6. The first kappa shape index (κ1) is 17.0. The highest BCUT2D eigenvalue weighted by molar-refractivity contribution is 5.94. The number of pyridine rings is 1. The molecule has 1 heterocycles. The number of carbonyl (C=O) groups is 1. The molecule has 0 unspecified atom stereocenters. The van der Waals surface area contributed by atoms with Crippen molar-refractivity contribution in [1.29, 1.82) is 0 Å². The van der Waals surface area contributed by atoms with Gasteiger partial charge in [-0.25, -0.2) is 0 Å². The van der Waals surface area contributed by atoms with Gasteiger partial charge in [0.2, 0.25) is 0 Å². The second-order valence-corrected chi connectivity index (χ2v) is 6.18. The van der Waals surface area contributed by atoms with Gasteiger partial charge in [0.1, 0.15) is 0 Å². The zero-order valence-corrected chi connectivity index (χ0v) is 14.1. The molecule has 0 fully saturated rings. The van der Waals surface area contributed by atoms with E-state index in [1.165, 1.54) is 5.56 Å². The van der Waals surface area contributed by atoms with E-state index in [0.29, 0.717) is 18.0 Å². The number of aryl methyl sites for hydroxylation is 1. The Hall–Kier alpha value is -2.36. The maximum Gasteiger partial charge on any atom is 0.253 e. The van der Waals surface area contributed by atoms with Crippen molar-refractivity contribution in [2.75, 3.05) is 11.9 Å². The van der Waals surface area contributed by atoms with Crippen molar-refractivity contribution in [2.45, 2.75) is 33.7 Å². The van der Waals surface area contributed by atoms with Crippen molar-refractivity contribution in [1.82, 2.24) is 10.3 Å². The molecule has 0 spiro atoms. The first-order valence-corrected chi connectivity index (χ1v) is 8.08. The van der Waals surface area contributed by atoms with Gasteiger partial charge in [-0.3, -0.25) is 9.78 Å². The third-order valence-electron chi connectivity index (χ3n) is 3.75. The zero-order chi connectivity index (χ0) is 16.7. The van der Waals surface area contributed by atoms with Crippen molar-refractivity contribution >= 4 is 11.6 Å². The molecule has 0 saturated carbocycles. The Kier molecular flexibility index (Phi) is 6.15. The molecule has 1 amide bonds. The van der Waals surface area contributed by atoms with Crippen LogP contribution in [0.15, 0.2) is 42.7 Å². The van der Waals surface area contributed by atoms with Crippen molar-refractivity contribution < 1.29 is 4.79 Å². The molecular weight excluding hydrogens is 286 g/mol. The van der Waals surface area contributed by atoms with Crippen molar-refractivity contribution in [3.8, 4) is 0 Å². The first-order valence-electron chi connectivity index (χ1n) is 8.08. The number of hydrogen-bond donors (Lipinski definition) is 2. The Balaban J connectivity index is 1.93. The molecule has 0 aliphatic carbocycles. The Morgan fingerprint density at radius 3 is 2.74 bits per heavy atom. The van der Waals surface area contributed by atoms with E-state index >= 15 is 0 Å². The summed E-state index contributed by atoms with van der Waals surface area (Å²) in [7, 11) is 0. The van der Waals surface area contributed by atoms with E-state index in [2.05, 4.69) is 29.5 Å². The number of aromatic nitrogens is 1. The van der Waals surface area contributed by atoms with Crippen LogP contribution in [0, 0.1) is 12.8 Å². The zero-order valence-electron chi connectivity index (χ0n) is 14.1. The van der Waals surface area contributed by atoms with Gasteiger partial charge in [0.25, 0.3) is 5.91 Å². The van der Waals surface area contributed by atoms with E-state index in [1.54, 1.807) is 12.4 Å². The average molecular weight is 311 g/mol. The van der Waals surface area contributed by atoms with Crippen LogP contribution in [-0.4, -0.2) is 17.4 Å². The van der Waals surface area contributed by atoms with Gasteiger partial charge in [-0.15, -0.1) is 0 Å². The molecule has 4 nitrogen and oxygen atoms in total. The minimum absolute atomic E-state index is 0.103. The summed E-state index contributed by atoms with van der Waals surface area (Å²) in [4.78, 5) is 16.4. The van der Waals surface area contributed by atoms with Crippen LogP contribution in [0.1, 0.15) is 41.8 Å². The van der Waals surface area contributed by atoms with E-state index in [1.807, 2.05) is 37.3 Å². The first-order chi connectivity index (χ1) is 11.1. The number of nitrogens with zero attached hydrogens (tertiary/aromatic N) is 1. The van der Waals surface area contributed by atoms with Crippen LogP contribution >= 0.6 is 0 Å². The molecule has 1 aromatic carbocycles. The summed E-state index contributed by atoms with van der Waals surface area (Å²) in [6.07, 6.45) is 4.43. The van der Waals surface area contributed by atoms with Gasteiger partial charge in [-0.1, -0.05) is 38.1 Å². The topological polar surface area (TPSA) is 54.0 Å². The molecule has 0 atom stereocenters. The van der Waals surface area contributed by atoms with Crippen LogP contribution in [0.3, 0.4) is 0 Å². The highest BCUT2D eigenvalue weighted by Gasteiger charge is 2.07. The van der Waals surface area contributed by atoms with Crippen LogP contribution in [0.25, 0.3) is 0 Å². The summed E-state index contributed by atoms with van der Waals surface area (Å²) in [5.74, 6) is 0.546. The number of amides is 1. The van der Waals surface area contributed by atoms with Crippen molar-refractivity contribution in [3.63, 3.8) is 0 Å². The summed E-state index contributed by atoms with van der Waals surface area (Å²) < 4.78 is 0. The number of carbonyl (C=O) groups excluding carboxylic acids is 1. The molecule has 4 heteroatoms. The lowest BCUT2D eigenvalue weighted by molar-refractivity contribution is 0.0950.